The molecule has 3 nitrogen and oxygen atoms in total. The van der Waals surface area contributed by atoms with Gasteiger partial charge in [0.2, 0.25) is 0 Å². The van der Waals surface area contributed by atoms with Gasteiger partial charge in [0.25, 0.3) is 5.91 Å². The van der Waals surface area contributed by atoms with Crippen LogP contribution in [0.3, 0.4) is 0 Å². The highest BCUT2D eigenvalue weighted by molar-refractivity contribution is 7.99. The summed E-state index contributed by atoms with van der Waals surface area (Å²) in [5.74, 6) is 2.26. The number of carbonyl (C=O) groups excluding carboxylic acids is 1. The molecule has 1 heterocycles. The topological polar surface area (TPSA) is 32.3 Å². The fraction of sp³-hybridized carbons (Fsp3) is 0.533. The Labute approximate surface area is 119 Å². The number of nitrogens with zero attached hydrogens (tertiary/aromatic N) is 1. The summed E-state index contributed by atoms with van der Waals surface area (Å²) in [6, 6.07) is 6.32. The number of amides is 1. The molecule has 0 spiro atoms. The van der Waals surface area contributed by atoms with E-state index in [1.165, 1.54) is 5.56 Å². The number of hydrogen-bond acceptors (Lipinski definition) is 3. The monoisotopic (exact) mass is 278 g/mol. The first-order valence-corrected chi connectivity index (χ1v) is 7.97. The molecule has 0 radical (unpaired) electrons. The maximum Gasteiger partial charge on any atom is 0.253 e. The summed E-state index contributed by atoms with van der Waals surface area (Å²) in [4.78, 5) is 14.4. The zero-order chi connectivity index (χ0) is 13.8. The molecule has 1 aliphatic rings. The average Bonchev–Trinajstić information content (AvgIpc) is 2.41. The van der Waals surface area contributed by atoms with E-state index in [0.717, 1.165) is 35.8 Å². The number of carbonyl (C=O) groups is 1. The van der Waals surface area contributed by atoms with Crippen LogP contribution in [0.4, 0.5) is 5.69 Å². The van der Waals surface area contributed by atoms with Gasteiger partial charge in [-0.3, -0.25) is 4.79 Å². The highest BCUT2D eigenvalue weighted by Gasteiger charge is 2.18. The van der Waals surface area contributed by atoms with Gasteiger partial charge in [-0.1, -0.05) is 6.07 Å². The SMILES string of the molecule is Cc1ccc(C(=O)N2CCSCC2)cc1NC(C)C. The number of anilines is 1. The van der Waals surface area contributed by atoms with Gasteiger partial charge in [-0.15, -0.1) is 0 Å². The van der Waals surface area contributed by atoms with Crippen molar-refractivity contribution in [3.05, 3.63) is 29.3 Å². The third-order valence-electron chi connectivity index (χ3n) is 3.23. The molecule has 1 fully saturated rings. The molecule has 1 saturated heterocycles. The zero-order valence-electron chi connectivity index (χ0n) is 11.9. The van der Waals surface area contributed by atoms with Gasteiger partial charge >= 0.3 is 0 Å². The summed E-state index contributed by atoms with van der Waals surface area (Å²) in [6.45, 7) is 8.01. The fourth-order valence-electron chi connectivity index (χ4n) is 2.17. The lowest BCUT2D eigenvalue weighted by molar-refractivity contribution is 0.0772. The molecule has 1 amide bonds. The number of rotatable bonds is 3. The van der Waals surface area contributed by atoms with Crippen molar-refractivity contribution >= 4 is 23.4 Å². The first kappa shape index (κ1) is 14.3. The van der Waals surface area contributed by atoms with Gasteiger partial charge < -0.3 is 10.2 Å². The summed E-state index contributed by atoms with van der Waals surface area (Å²) < 4.78 is 0. The minimum atomic E-state index is 0.159. The second kappa shape index (κ2) is 6.33. The lowest BCUT2D eigenvalue weighted by Crippen LogP contribution is -2.37. The Morgan fingerprint density at radius 3 is 2.63 bits per heavy atom. The molecule has 0 bridgehead atoms. The second-order valence-electron chi connectivity index (χ2n) is 5.23. The third-order valence-corrected chi connectivity index (χ3v) is 4.17. The van der Waals surface area contributed by atoms with Crippen molar-refractivity contribution < 1.29 is 4.79 Å². The minimum Gasteiger partial charge on any atom is -0.383 e. The van der Waals surface area contributed by atoms with Crippen LogP contribution in [0.1, 0.15) is 29.8 Å². The van der Waals surface area contributed by atoms with Crippen molar-refractivity contribution in [2.45, 2.75) is 26.8 Å². The van der Waals surface area contributed by atoms with Crippen LogP contribution in [0, 0.1) is 6.92 Å². The van der Waals surface area contributed by atoms with Crippen LogP contribution in [-0.4, -0.2) is 41.4 Å². The van der Waals surface area contributed by atoms with Gasteiger partial charge in [0.1, 0.15) is 0 Å². The van der Waals surface area contributed by atoms with Crippen molar-refractivity contribution in [3.8, 4) is 0 Å². The van der Waals surface area contributed by atoms with Gasteiger partial charge in [0.05, 0.1) is 0 Å². The largest absolute Gasteiger partial charge is 0.383 e. The van der Waals surface area contributed by atoms with Gasteiger partial charge in [-0.25, -0.2) is 0 Å². The first-order chi connectivity index (χ1) is 9.08. The van der Waals surface area contributed by atoms with Crippen LogP contribution >= 0.6 is 11.8 Å². The number of nitrogens with one attached hydrogen (secondary N) is 1. The number of thioether (sulfide) groups is 1. The molecule has 1 aromatic rings. The Kier molecular flexibility index (Phi) is 4.75. The Hall–Kier alpha value is -1.16. The summed E-state index contributed by atoms with van der Waals surface area (Å²) in [6.07, 6.45) is 0. The van der Waals surface area contributed by atoms with Crippen molar-refractivity contribution in [1.82, 2.24) is 4.90 Å². The van der Waals surface area contributed by atoms with Gasteiger partial charge in [-0.2, -0.15) is 11.8 Å². The molecule has 1 aromatic carbocycles. The molecule has 0 atom stereocenters. The molecule has 0 aromatic heterocycles. The summed E-state index contributed by atoms with van der Waals surface area (Å²) >= 11 is 1.92. The van der Waals surface area contributed by atoms with Gasteiger partial charge in [0.15, 0.2) is 0 Å². The Morgan fingerprint density at radius 1 is 1.32 bits per heavy atom. The van der Waals surface area contributed by atoms with Crippen molar-refractivity contribution in [2.24, 2.45) is 0 Å². The molecule has 4 heteroatoms. The highest BCUT2D eigenvalue weighted by Crippen LogP contribution is 2.20. The van der Waals surface area contributed by atoms with Gasteiger partial charge in [-0.05, 0) is 38.5 Å². The molecular formula is C15H22N2OS. The van der Waals surface area contributed by atoms with E-state index < -0.39 is 0 Å². The fourth-order valence-corrected chi connectivity index (χ4v) is 3.07. The van der Waals surface area contributed by atoms with E-state index in [4.69, 9.17) is 0 Å². The van der Waals surface area contributed by atoms with E-state index in [9.17, 15) is 4.79 Å². The molecule has 0 saturated carbocycles. The Balaban J connectivity index is 2.17. The standard InChI is InChI=1S/C15H22N2OS/c1-11(2)16-14-10-13(5-4-12(14)3)15(18)17-6-8-19-9-7-17/h4-5,10-11,16H,6-9H2,1-3H3. The predicted molar refractivity (Wildman–Crippen MR) is 83.2 cm³/mol. The van der Waals surface area contributed by atoms with E-state index in [-0.39, 0.29) is 5.91 Å². The molecule has 104 valence electrons. The third kappa shape index (κ3) is 3.66. The summed E-state index contributed by atoms with van der Waals surface area (Å²) in [5.41, 5.74) is 3.03. The predicted octanol–water partition coefficient (Wildman–Crippen LogP) is 3.00. The quantitative estimate of drug-likeness (QED) is 0.922. The summed E-state index contributed by atoms with van der Waals surface area (Å²) in [7, 11) is 0. The lowest BCUT2D eigenvalue weighted by atomic mass is 10.1. The minimum absolute atomic E-state index is 0.159. The smallest absolute Gasteiger partial charge is 0.253 e. The lowest BCUT2D eigenvalue weighted by Gasteiger charge is -2.26. The molecule has 19 heavy (non-hydrogen) atoms. The average molecular weight is 278 g/mol. The van der Waals surface area contributed by atoms with Crippen LogP contribution in [0.2, 0.25) is 0 Å². The molecule has 1 N–H and O–H groups in total. The van der Waals surface area contributed by atoms with Gasteiger partial charge in [0, 0.05) is 41.9 Å². The van der Waals surface area contributed by atoms with E-state index in [0.29, 0.717) is 6.04 Å². The highest BCUT2D eigenvalue weighted by atomic mass is 32.2. The molecule has 0 unspecified atom stereocenters. The molecular weight excluding hydrogens is 256 g/mol. The van der Waals surface area contributed by atoms with E-state index in [1.54, 1.807) is 0 Å². The van der Waals surface area contributed by atoms with Crippen molar-refractivity contribution in [2.75, 3.05) is 29.9 Å². The molecule has 2 rings (SSSR count). The van der Waals surface area contributed by atoms with Crippen molar-refractivity contribution in [3.63, 3.8) is 0 Å². The Bertz CT molecular complexity index is 453. The number of hydrogen-bond donors (Lipinski definition) is 1. The number of aryl methyl sites for hydroxylation is 1. The number of benzene rings is 1. The first-order valence-electron chi connectivity index (χ1n) is 6.82. The van der Waals surface area contributed by atoms with Crippen LogP contribution in [0.5, 0.6) is 0 Å². The Morgan fingerprint density at radius 2 is 2.00 bits per heavy atom. The molecule has 0 aliphatic carbocycles. The van der Waals surface area contributed by atoms with Crippen molar-refractivity contribution in [1.29, 1.82) is 0 Å². The van der Waals surface area contributed by atoms with Crippen LogP contribution in [0.25, 0.3) is 0 Å². The van der Waals surface area contributed by atoms with Crippen LogP contribution in [0.15, 0.2) is 18.2 Å². The maximum absolute atomic E-state index is 12.4. The second-order valence-corrected chi connectivity index (χ2v) is 6.46. The normalized spacial score (nSPS) is 15.7. The zero-order valence-corrected chi connectivity index (χ0v) is 12.7. The van der Waals surface area contributed by atoms with E-state index in [2.05, 4.69) is 26.1 Å². The van der Waals surface area contributed by atoms with Crippen LogP contribution in [-0.2, 0) is 0 Å². The van der Waals surface area contributed by atoms with E-state index >= 15 is 0 Å². The maximum atomic E-state index is 12.4. The summed E-state index contributed by atoms with van der Waals surface area (Å²) in [5, 5.41) is 3.40. The molecule has 1 aliphatic heterocycles. The van der Waals surface area contributed by atoms with E-state index in [1.807, 2.05) is 34.9 Å². The van der Waals surface area contributed by atoms with Crippen LogP contribution < -0.4 is 5.32 Å².